The molecule has 1 amide bonds. The lowest BCUT2D eigenvalue weighted by Gasteiger charge is -2.24. The number of carbonyl (C=O) groups is 1. The second-order valence-electron chi connectivity index (χ2n) is 5.10. The topological polar surface area (TPSA) is 63.7 Å². The van der Waals surface area contributed by atoms with Gasteiger partial charge in [-0.25, -0.2) is 8.42 Å². The quantitative estimate of drug-likeness (QED) is 0.718. The molecule has 0 unspecified atom stereocenters. The molecule has 0 aliphatic heterocycles. The third-order valence-electron chi connectivity index (χ3n) is 2.80. The summed E-state index contributed by atoms with van der Waals surface area (Å²) in [6.07, 6.45) is 0. The van der Waals surface area contributed by atoms with Gasteiger partial charge in [0.15, 0.2) is 0 Å². The maximum Gasteiger partial charge on any atom is 0.261 e. The molecule has 1 aromatic carbocycles. The number of amides is 1. The zero-order chi connectivity index (χ0) is 16.0. The van der Waals surface area contributed by atoms with Crippen LogP contribution in [0.2, 0.25) is 0 Å². The predicted molar refractivity (Wildman–Crippen MR) is 82.1 cm³/mol. The van der Waals surface area contributed by atoms with E-state index < -0.39 is 9.05 Å². The van der Waals surface area contributed by atoms with Gasteiger partial charge in [0.1, 0.15) is 0 Å². The molecule has 118 valence electrons. The minimum atomic E-state index is -3.85. The Morgan fingerprint density at radius 2 is 2.05 bits per heavy atom. The molecular weight excluding hydrogens is 314 g/mol. The van der Waals surface area contributed by atoms with Gasteiger partial charge in [0.25, 0.3) is 15.0 Å². The third kappa shape index (κ3) is 5.65. The Labute approximate surface area is 130 Å². The van der Waals surface area contributed by atoms with Crippen LogP contribution in [-0.4, -0.2) is 46.0 Å². The second-order valence-corrected chi connectivity index (χ2v) is 7.67. The van der Waals surface area contributed by atoms with Crippen LogP contribution in [-0.2, 0) is 13.8 Å². The SMILES string of the molecule is COCCN(CC(C)C)C(=O)c1cccc(S(=O)(=O)Cl)c1. The first kappa shape index (κ1) is 17.9. The van der Waals surface area contributed by atoms with Crippen LogP contribution in [0, 0.1) is 5.92 Å². The predicted octanol–water partition coefficient (Wildman–Crippen LogP) is 2.36. The number of hydrogen-bond acceptors (Lipinski definition) is 4. The van der Waals surface area contributed by atoms with Gasteiger partial charge in [-0.15, -0.1) is 0 Å². The lowest BCUT2D eigenvalue weighted by molar-refractivity contribution is 0.0672. The van der Waals surface area contributed by atoms with E-state index in [1.807, 2.05) is 13.8 Å². The van der Waals surface area contributed by atoms with Gasteiger partial charge in [-0.2, -0.15) is 0 Å². The van der Waals surface area contributed by atoms with Crippen LogP contribution < -0.4 is 0 Å². The number of halogens is 1. The van der Waals surface area contributed by atoms with Gasteiger partial charge in [0.05, 0.1) is 11.5 Å². The van der Waals surface area contributed by atoms with E-state index in [2.05, 4.69) is 0 Å². The maximum atomic E-state index is 12.5. The van der Waals surface area contributed by atoms with E-state index in [0.717, 1.165) is 0 Å². The van der Waals surface area contributed by atoms with Crippen molar-refractivity contribution in [1.29, 1.82) is 0 Å². The molecular formula is C14H20ClNO4S. The molecule has 0 aliphatic rings. The first-order valence-electron chi connectivity index (χ1n) is 6.58. The van der Waals surface area contributed by atoms with Crippen LogP contribution in [0.1, 0.15) is 24.2 Å². The highest BCUT2D eigenvalue weighted by molar-refractivity contribution is 8.13. The van der Waals surface area contributed by atoms with Gasteiger partial charge < -0.3 is 9.64 Å². The van der Waals surface area contributed by atoms with Gasteiger partial charge in [-0.1, -0.05) is 19.9 Å². The van der Waals surface area contributed by atoms with E-state index in [0.29, 0.717) is 31.2 Å². The number of hydrogen-bond donors (Lipinski definition) is 0. The number of carbonyl (C=O) groups excluding carboxylic acids is 1. The monoisotopic (exact) mass is 333 g/mol. The Hall–Kier alpha value is -1.11. The third-order valence-corrected chi connectivity index (χ3v) is 4.15. The first-order valence-corrected chi connectivity index (χ1v) is 8.89. The van der Waals surface area contributed by atoms with E-state index in [9.17, 15) is 13.2 Å². The Morgan fingerprint density at radius 1 is 1.38 bits per heavy atom. The van der Waals surface area contributed by atoms with Crippen molar-refractivity contribution in [2.45, 2.75) is 18.7 Å². The Balaban J connectivity index is 3.02. The summed E-state index contributed by atoms with van der Waals surface area (Å²) in [5.74, 6) is 0.0636. The summed E-state index contributed by atoms with van der Waals surface area (Å²) in [7, 11) is 3.03. The normalized spacial score (nSPS) is 11.7. The maximum absolute atomic E-state index is 12.5. The summed E-state index contributed by atoms with van der Waals surface area (Å²) in [6.45, 7) is 5.46. The molecule has 0 atom stereocenters. The van der Waals surface area contributed by atoms with E-state index >= 15 is 0 Å². The van der Waals surface area contributed by atoms with Crippen LogP contribution in [0.3, 0.4) is 0 Å². The largest absolute Gasteiger partial charge is 0.383 e. The van der Waals surface area contributed by atoms with Gasteiger partial charge >= 0.3 is 0 Å². The van der Waals surface area contributed by atoms with Gasteiger partial charge in [-0.05, 0) is 24.1 Å². The zero-order valence-electron chi connectivity index (χ0n) is 12.4. The summed E-state index contributed by atoms with van der Waals surface area (Å²) in [5.41, 5.74) is 0.300. The molecule has 7 heteroatoms. The van der Waals surface area contributed by atoms with Crippen LogP contribution in [0.5, 0.6) is 0 Å². The fourth-order valence-electron chi connectivity index (χ4n) is 1.88. The molecule has 0 N–H and O–H groups in total. The minimum absolute atomic E-state index is 0.0775. The van der Waals surface area contributed by atoms with Gasteiger partial charge in [0, 0.05) is 36.4 Å². The standard InChI is InChI=1S/C14H20ClNO4S/c1-11(2)10-16(7-8-20-3)14(17)12-5-4-6-13(9-12)21(15,18)19/h4-6,9,11H,7-8,10H2,1-3H3. The minimum Gasteiger partial charge on any atom is -0.383 e. The van der Waals surface area contributed by atoms with Crippen molar-refractivity contribution in [2.75, 3.05) is 26.8 Å². The average Bonchev–Trinajstić information content (AvgIpc) is 2.41. The highest BCUT2D eigenvalue weighted by Gasteiger charge is 2.19. The molecule has 5 nitrogen and oxygen atoms in total. The molecule has 0 radical (unpaired) electrons. The Kier molecular flexibility index (Phi) is 6.64. The number of nitrogens with zero attached hydrogens (tertiary/aromatic N) is 1. The van der Waals surface area contributed by atoms with Gasteiger partial charge in [-0.3, -0.25) is 4.79 Å². The van der Waals surface area contributed by atoms with Crippen LogP contribution in [0.15, 0.2) is 29.2 Å². The zero-order valence-corrected chi connectivity index (χ0v) is 13.9. The number of methoxy groups -OCH3 is 1. The van der Waals surface area contributed by atoms with Crippen molar-refractivity contribution in [3.8, 4) is 0 Å². The highest BCUT2D eigenvalue weighted by Crippen LogP contribution is 2.17. The van der Waals surface area contributed by atoms with E-state index in [4.69, 9.17) is 15.4 Å². The molecule has 0 aromatic heterocycles. The van der Waals surface area contributed by atoms with Crippen LogP contribution in [0.25, 0.3) is 0 Å². The van der Waals surface area contributed by atoms with Crippen molar-refractivity contribution >= 4 is 25.6 Å². The molecule has 0 saturated carbocycles. The summed E-state index contributed by atoms with van der Waals surface area (Å²) in [5, 5.41) is 0. The second kappa shape index (κ2) is 7.77. The molecule has 0 fully saturated rings. The lowest BCUT2D eigenvalue weighted by Crippen LogP contribution is -2.36. The smallest absolute Gasteiger partial charge is 0.261 e. The molecule has 0 saturated heterocycles. The summed E-state index contributed by atoms with van der Waals surface area (Å²) in [6, 6.07) is 5.74. The fraction of sp³-hybridized carbons (Fsp3) is 0.500. The Bertz CT molecular complexity index is 586. The van der Waals surface area contributed by atoms with Crippen molar-refractivity contribution in [3.05, 3.63) is 29.8 Å². The van der Waals surface area contributed by atoms with Crippen molar-refractivity contribution < 1.29 is 17.9 Å². The molecule has 21 heavy (non-hydrogen) atoms. The Morgan fingerprint density at radius 3 is 2.57 bits per heavy atom. The average molecular weight is 334 g/mol. The van der Waals surface area contributed by atoms with Crippen molar-refractivity contribution in [1.82, 2.24) is 4.90 Å². The summed E-state index contributed by atoms with van der Waals surface area (Å²) < 4.78 is 27.7. The summed E-state index contributed by atoms with van der Waals surface area (Å²) in [4.78, 5) is 14.1. The highest BCUT2D eigenvalue weighted by atomic mass is 35.7. The van der Waals surface area contributed by atoms with Crippen LogP contribution >= 0.6 is 10.7 Å². The van der Waals surface area contributed by atoms with Crippen LogP contribution in [0.4, 0.5) is 0 Å². The fourth-order valence-corrected chi connectivity index (χ4v) is 2.68. The molecule has 0 heterocycles. The molecule has 1 aromatic rings. The number of benzene rings is 1. The number of rotatable bonds is 7. The molecule has 0 bridgehead atoms. The van der Waals surface area contributed by atoms with Crippen molar-refractivity contribution in [2.24, 2.45) is 5.92 Å². The molecule has 0 aliphatic carbocycles. The molecule has 1 rings (SSSR count). The van der Waals surface area contributed by atoms with Crippen molar-refractivity contribution in [3.63, 3.8) is 0 Å². The van der Waals surface area contributed by atoms with E-state index in [-0.39, 0.29) is 10.8 Å². The van der Waals surface area contributed by atoms with Gasteiger partial charge in [0.2, 0.25) is 0 Å². The lowest BCUT2D eigenvalue weighted by atomic mass is 10.1. The van der Waals surface area contributed by atoms with E-state index in [1.54, 1.807) is 18.1 Å². The molecule has 0 spiro atoms. The number of ether oxygens (including phenoxy) is 1. The van der Waals surface area contributed by atoms with E-state index in [1.165, 1.54) is 18.2 Å². The summed E-state index contributed by atoms with van der Waals surface area (Å²) >= 11 is 0. The first-order chi connectivity index (χ1) is 9.75.